The molecule has 0 heterocycles. The molecule has 29 heavy (non-hydrogen) atoms. The topological polar surface area (TPSA) is 64.6 Å². The lowest BCUT2D eigenvalue weighted by atomic mass is 10.1. The van der Waals surface area contributed by atoms with Crippen LogP contribution in [0.1, 0.15) is 23.6 Å². The SMILES string of the molecule is COc1ccc(CNC(=O)[C@H](C)OC(=O)/C=C/c2cccc(C(F)(F)F)c2)cc1. The highest BCUT2D eigenvalue weighted by atomic mass is 19.4. The Labute approximate surface area is 166 Å². The molecule has 2 rings (SSSR count). The Hall–Kier alpha value is -3.29. The molecule has 8 heteroatoms. The molecule has 0 bridgehead atoms. The summed E-state index contributed by atoms with van der Waals surface area (Å²) in [7, 11) is 1.55. The molecule has 0 spiro atoms. The number of hydrogen-bond donors (Lipinski definition) is 1. The zero-order valence-electron chi connectivity index (χ0n) is 15.8. The maximum absolute atomic E-state index is 12.7. The molecule has 0 saturated heterocycles. The third kappa shape index (κ3) is 6.99. The van der Waals surface area contributed by atoms with Crippen LogP contribution < -0.4 is 10.1 Å². The number of carbonyl (C=O) groups excluding carboxylic acids is 2. The number of carbonyl (C=O) groups is 2. The van der Waals surface area contributed by atoms with E-state index in [0.29, 0.717) is 5.75 Å². The molecule has 0 saturated carbocycles. The molecule has 2 aromatic carbocycles. The first-order valence-corrected chi connectivity index (χ1v) is 8.65. The van der Waals surface area contributed by atoms with Crippen LogP contribution in [0.5, 0.6) is 5.75 Å². The minimum atomic E-state index is -4.47. The molecule has 0 aliphatic carbocycles. The predicted molar refractivity (Wildman–Crippen MR) is 101 cm³/mol. The first-order valence-electron chi connectivity index (χ1n) is 8.65. The average Bonchev–Trinajstić information content (AvgIpc) is 2.70. The van der Waals surface area contributed by atoms with Crippen LogP contribution in [0.3, 0.4) is 0 Å². The first-order chi connectivity index (χ1) is 13.7. The van der Waals surface area contributed by atoms with Crippen molar-refractivity contribution in [3.05, 3.63) is 71.3 Å². The molecule has 0 unspecified atom stereocenters. The van der Waals surface area contributed by atoms with E-state index in [1.165, 1.54) is 25.1 Å². The lowest BCUT2D eigenvalue weighted by Gasteiger charge is -2.12. The molecular formula is C21H20F3NO4. The zero-order valence-corrected chi connectivity index (χ0v) is 15.8. The van der Waals surface area contributed by atoms with E-state index in [-0.39, 0.29) is 12.1 Å². The summed E-state index contributed by atoms with van der Waals surface area (Å²) in [6.07, 6.45) is -3.37. The highest BCUT2D eigenvalue weighted by Gasteiger charge is 2.30. The van der Waals surface area contributed by atoms with E-state index in [0.717, 1.165) is 23.8 Å². The Morgan fingerprint density at radius 3 is 2.45 bits per heavy atom. The number of amides is 1. The van der Waals surface area contributed by atoms with Crippen molar-refractivity contribution in [3.8, 4) is 5.75 Å². The molecule has 0 aliphatic rings. The number of rotatable bonds is 7. The monoisotopic (exact) mass is 407 g/mol. The van der Waals surface area contributed by atoms with Gasteiger partial charge in [0, 0.05) is 12.6 Å². The molecule has 1 atom stereocenters. The van der Waals surface area contributed by atoms with E-state index in [1.54, 1.807) is 31.4 Å². The molecule has 154 valence electrons. The van der Waals surface area contributed by atoms with Gasteiger partial charge in [0.1, 0.15) is 5.75 Å². The number of halogens is 3. The van der Waals surface area contributed by atoms with Crippen LogP contribution in [0.2, 0.25) is 0 Å². The summed E-state index contributed by atoms with van der Waals surface area (Å²) < 4.78 is 48.1. The zero-order chi connectivity index (χ0) is 21.4. The number of nitrogens with one attached hydrogen (secondary N) is 1. The third-order valence-electron chi connectivity index (χ3n) is 3.91. The van der Waals surface area contributed by atoms with Gasteiger partial charge in [0.2, 0.25) is 0 Å². The van der Waals surface area contributed by atoms with Crippen molar-refractivity contribution in [3.63, 3.8) is 0 Å². The normalized spacial score (nSPS) is 12.4. The molecule has 0 aliphatic heterocycles. The molecular weight excluding hydrogens is 387 g/mol. The van der Waals surface area contributed by atoms with Crippen LogP contribution in [0.15, 0.2) is 54.6 Å². The first kappa shape index (κ1) is 22.0. The predicted octanol–water partition coefficient (Wildman–Crippen LogP) is 3.98. The molecule has 0 radical (unpaired) electrons. The lowest BCUT2D eigenvalue weighted by Crippen LogP contribution is -2.35. The van der Waals surface area contributed by atoms with Gasteiger partial charge in [0.15, 0.2) is 6.10 Å². The van der Waals surface area contributed by atoms with Crippen LogP contribution in [0, 0.1) is 0 Å². The fraction of sp³-hybridized carbons (Fsp3) is 0.238. The Morgan fingerprint density at radius 1 is 1.14 bits per heavy atom. The second kappa shape index (κ2) is 9.77. The fourth-order valence-corrected chi connectivity index (χ4v) is 2.33. The number of benzene rings is 2. The summed E-state index contributed by atoms with van der Waals surface area (Å²) in [4.78, 5) is 23.9. The van der Waals surface area contributed by atoms with Gasteiger partial charge in [-0.25, -0.2) is 4.79 Å². The number of esters is 1. The Kier molecular flexibility index (Phi) is 7.41. The Bertz CT molecular complexity index is 876. The quantitative estimate of drug-likeness (QED) is 0.557. The van der Waals surface area contributed by atoms with Crippen LogP contribution in [-0.2, 0) is 27.0 Å². The van der Waals surface area contributed by atoms with Gasteiger partial charge < -0.3 is 14.8 Å². The van der Waals surface area contributed by atoms with Crippen molar-refractivity contribution < 1.29 is 32.2 Å². The van der Waals surface area contributed by atoms with Gasteiger partial charge >= 0.3 is 12.1 Å². The van der Waals surface area contributed by atoms with E-state index < -0.39 is 29.7 Å². The number of alkyl halides is 3. The van der Waals surface area contributed by atoms with E-state index in [1.807, 2.05) is 0 Å². The Balaban J connectivity index is 1.86. The van der Waals surface area contributed by atoms with Crippen molar-refractivity contribution >= 4 is 18.0 Å². The second-order valence-corrected chi connectivity index (χ2v) is 6.10. The van der Waals surface area contributed by atoms with Crippen LogP contribution in [0.4, 0.5) is 13.2 Å². The van der Waals surface area contributed by atoms with Crippen LogP contribution in [0.25, 0.3) is 6.08 Å². The number of methoxy groups -OCH3 is 1. The summed E-state index contributed by atoms with van der Waals surface area (Å²) in [6, 6.07) is 11.6. The molecule has 1 N–H and O–H groups in total. The summed E-state index contributed by atoms with van der Waals surface area (Å²) >= 11 is 0. The third-order valence-corrected chi connectivity index (χ3v) is 3.91. The van der Waals surface area contributed by atoms with Gasteiger partial charge in [-0.05, 0) is 48.4 Å². The van der Waals surface area contributed by atoms with Gasteiger partial charge in [-0.15, -0.1) is 0 Å². The standard InChI is InChI=1S/C21H20F3NO4/c1-14(20(27)25-13-16-6-9-18(28-2)10-7-16)29-19(26)11-8-15-4-3-5-17(12-15)21(22,23)24/h3-12,14H,13H2,1-2H3,(H,25,27)/b11-8+/t14-/m0/s1. The van der Waals surface area contributed by atoms with Gasteiger partial charge in [0.05, 0.1) is 12.7 Å². The van der Waals surface area contributed by atoms with Crippen LogP contribution >= 0.6 is 0 Å². The van der Waals surface area contributed by atoms with Crippen molar-refractivity contribution in [1.29, 1.82) is 0 Å². The number of hydrogen-bond acceptors (Lipinski definition) is 4. The van der Waals surface area contributed by atoms with Crippen molar-refractivity contribution in [1.82, 2.24) is 5.32 Å². The van der Waals surface area contributed by atoms with Crippen molar-refractivity contribution in [2.45, 2.75) is 25.7 Å². The summed E-state index contributed by atoms with van der Waals surface area (Å²) in [5, 5.41) is 2.63. The average molecular weight is 407 g/mol. The van der Waals surface area contributed by atoms with E-state index in [2.05, 4.69) is 5.32 Å². The van der Waals surface area contributed by atoms with E-state index in [9.17, 15) is 22.8 Å². The maximum atomic E-state index is 12.7. The van der Waals surface area contributed by atoms with Gasteiger partial charge in [-0.1, -0.05) is 24.3 Å². The molecule has 2 aromatic rings. The van der Waals surface area contributed by atoms with Crippen LogP contribution in [-0.4, -0.2) is 25.1 Å². The minimum Gasteiger partial charge on any atom is -0.497 e. The molecule has 0 fully saturated rings. The highest BCUT2D eigenvalue weighted by molar-refractivity contribution is 5.90. The summed E-state index contributed by atoms with van der Waals surface area (Å²) in [5.41, 5.74) is 0.204. The fourth-order valence-electron chi connectivity index (χ4n) is 2.33. The van der Waals surface area contributed by atoms with Crippen molar-refractivity contribution in [2.24, 2.45) is 0 Å². The van der Waals surface area contributed by atoms with Gasteiger partial charge in [-0.3, -0.25) is 4.79 Å². The number of ether oxygens (including phenoxy) is 2. The van der Waals surface area contributed by atoms with Crippen molar-refractivity contribution in [2.75, 3.05) is 7.11 Å². The second-order valence-electron chi connectivity index (χ2n) is 6.10. The van der Waals surface area contributed by atoms with E-state index in [4.69, 9.17) is 9.47 Å². The smallest absolute Gasteiger partial charge is 0.416 e. The molecule has 0 aromatic heterocycles. The van der Waals surface area contributed by atoms with Gasteiger partial charge in [0.25, 0.3) is 5.91 Å². The Morgan fingerprint density at radius 2 is 1.83 bits per heavy atom. The highest BCUT2D eigenvalue weighted by Crippen LogP contribution is 2.29. The minimum absolute atomic E-state index is 0.188. The van der Waals surface area contributed by atoms with E-state index >= 15 is 0 Å². The summed E-state index contributed by atoms with van der Waals surface area (Å²) in [5.74, 6) is -0.647. The summed E-state index contributed by atoms with van der Waals surface area (Å²) in [6.45, 7) is 1.64. The lowest BCUT2D eigenvalue weighted by molar-refractivity contribution is -0.150. The molecule has 5 nitrogen and oxygen atoms in total. The van der Waals surface area contributed by atoms with Gasteiger partial charge in [-0.2, -0.15) is 13.2 Å². The largest absolute Gasteiger partial charge is 0.497 e. The maximum Gasteiger partial charge on any atom is 0.416 e. The molecule has 1 amide bonds.